The predicted octanol–water partition coefficient (Wildman–Crippen LogP) is 1.12. The van der Waals surface area contributed by atoms with Gasteiger partial charge in [0, 0.05) is 31.4 Å². The molecule has 1 unspecified atom stereocenters. The zero-order valence-electron chi connectivity index (χ0n) is 12.2. The van der Waals surface area contributed by atoms with Crippen molar-refractivity contribution in [1.29, 1.82) is 0 Å². The smallest absolute Gasteiger partial charge is 0.121 e. The van der Waals surface area contributed by atoms with Gasteiger partial charge >= 0.3 is 0 Å². The molecular weight excluding hydrogens is 256 g/mol. The number of nitrogens with two attached hydrogens (primary N) is 1. The summed E-state index contributed by atoms with van der Waals surface area (Å²) in [6, 6.07) is 7.23. The fourth-order valence-corrected chi connectivity index (χ4v) is 2.42. The fourth-order valence-electron chi connectivity index (χ4n) is 2.42. The van der Waals surface area contributed by atoms with Gasteiger partial charge in [-0.25, -0.2) is 0 Å². The van der Waals surface area contributed by atoms with Crippen LogP contribution in [0.3, 0.4) is 0 Å². The maximum Gasteiger partial charge on any atom is 0.121 e. The average Bonchev–Trinajstić information content (AvgIpc) is 2.35. The van der Waals surface area contributed by atoms with E-state index < -0.39 is 6.10 Å². The summed E-state index contributed by atoms with van der Waals surface area (Å²) < 4.78 is 11.2. The molecule has 3 N–H and O–H groups in total. The number of hydrogen-bond donors (Lipinski definition) is 2. The lowest BCUT2D eigenvalue weighted by atomic mass is 10.1. The van der Waals surface area contributed by atoms with Gasteiger partial charge in [-0.2, -0.15) is 0 Å². The van der Waals surface area contributed by atoms with Crippen LogP contribution in [-0.2, 0) is 4.74 Å². The Morgan fingerprint density at radius 3 is 3.00 bits per heavy atom. The van der Waals surface area contributed by atoms with E-state index in [1.807, 2.05) is 12.1 Å². The molecule has 1 atom stereocenters. The van der Waals surface area contributed by atoms with E-state index in [1.165, 1.54) is 0 Å². The van der Waals surface area contributed by atoms with E-state index in [0.29, 0.717) is 24.6 Å². The first-order valence-electron chi connectivity index (χ1n) is 6.97. The highest BCUT2D eigenvalue weighted by Crippen LogP contribution is 2.17. The van der Waals surface area contributed by atoms with Gasteiger partial charge in [0.25, 0.3) is 0 Å². The number of rotatable bonds is 5. The maximum absolute atomic E-state index is 10.1. The van der Waals surface area contributed by atoms with Crippen LogP contribution in [0.1, 0.15) is 13.8 Å². The van der Waals surface area contributed by atoms with Crippen molar-refractivity contribution in [3.8, 4) is 5.75 Å². The minimum absolute atomic E-state index is 0.146. The first-order chi connectivity index (χ1) is 9.44. The van der Waals surface area contributed by atoms with Gasteiger partial charge in [-0.15, -0.1) is 0 Å². The maximum atomic E-state index is 10.1. The number of nitrogen functional groups attached to an aromatic ring is 1. The molecule has 0 amide bonds. The fraction of sp³-hybridized carbons (Fsp3) is 0.600. The van der Waals surface area contributed by atoms with Crippen molar-refractivity contribution in [2.45, 2.75) is 25.6 Å². The third-order valence-electron chi connectivity index (χ3n) is 3.27. The lowest BCUT2D eigenvalue weighted by Crippen LogP contribution is -2.50. The number of hydrogen-bond acceptors (Lipinski definition) is 5. The molecule has 1 fully saturated rings. The van der Waals surface area contributed by atoms with Crippen molar-refractivity contribution in [3.63, 3.8) is 0 Å². The Morgan fingerprint density at radius 1 is 1.50 bits per heavy atom. The lowest BCUT2D eigenvalue weighted by Gasteiger charge is -2.38. The summed E-state index contributed by atoms with van der Waals surface area (Å²) in [7, 11) is 0. The molecule has 1 aromatic carbocycles. The molecule has 20 heavy (non-hydrogen) atoms. The highest BCUT2D eigenvalue weighted by molar-refractivity contribution is 5.43. The molecule has 1 saturated heterocycles. The van der Waals surface area contributed by atoms with Crippen LogP contribution in [0.15, 0.2) is 24.3 Å². The van der Waals surface area contributed by atoms with Crippen LogP contribution < -0.4 is 10.5 Å². The van der Waals surface area contributed by atoms with Gasteiger partial charge in [-0.3, -0.25) is 4.90 Å². The van der Waals surface area contributed by atoms with Gasteiger partial charge in [0.15, 0.2) is 0 Å². The van der Waals surface area contributed by atoms with E-state index in [-0.39, 0.29) is 12.2 Å². The van der Waals surface area contributed by atoms with Crippen LogP contribution in [0.25, 0.3) is 0 Å². The zero-order valence-corrected chi connectivity index (χ0v) is 12.2. The molecule has 0 aromatic heterocycles. The van der Waals surface area contributed by atoms with Crippen molar-refractivity contribution in [3.05, 3.63) is 24.3 Å². The monoisotopic (exact) mass is 280 g/mol. The number of nitrogens with zero attached hydrogens (tertiary/aromatic N) is 1. The Hall–Kier alpha value is -1.30. The standard InChI is InChI=1S/C15H24N2O3/c1-15(2)11-17(6-7-20-15)9-13(18)10-19-14-5-3-4-12(16)8-14/h3-5,8,13,18H,6-7,9-11,16H2,1-2H3. The van der Waals surface area contributed by atoms with Crippen molar-refractivity contribution in [1.82, 2.24) is 4.90 Å². The van der Waals surface area contributed by atoms with E-state index in [4.69, 9.17) is 15.2 Å². The number of aliphatic hydroxyl groups is 1. The topological polar surface area (TPSA) is 68.0 Å². The number of β-amino-alcohol motifs (C(OH)–C–C–N with tert-alkyl or cyclic N) is 1. The molecule has 0 saturated carbocycles. The Kier molecular flexibility index (Phi) is 4.86. The lowest BCUT2D eigenvalue weighted by molar-refractivity contribution is -0.0947. The van der Waals surface area contributed by atoms with Gasteiger partial charge < -0.3 is 20.3 Å². The summed E-state index contributed by atoms with van der Waals surface area (Å²) in [5.41, 5.74) is 6.19. The molecule has 0 spiro atoms. The molecule has 5 nitrogen and oxygen atoms in total. The molecular formula is C15H24N2O3. The molecule has 0 aliphatic carbocycles. The van der Waals surface area contributed by atoms with Crippen LogP contribution in [0.5, 0.6) is 5.75 Å². The third kappa shape index (κ3) is 4.67. The predicted molar refractivity (Wildman–Crippen MR) is 78.8 cm³/mol. The molecule has 112 valence electrons. The molecule has 1 aliphatic rings. The summed E-state index contributed by atoms with van der Waals surface area (Å²) in [5, 5.41) is 10.1. The van der Waals surface area contributed by atoms with Crippen molar-refractivity contribution in [2.75, 3.05) is 38.6 Å². The van der Waals surface area contributed by atoms with Gasteiger partial charge in [0.1, 0.15) is 18.5 Å². The average molecular weight is 280 g/mol. The van der Waals surface area contributed by atoms with Crippen LogP contribution in [0, 0.1) is 0 Å². The molecule has 1 aliphatic heterocycles. The largest absolute Gasteiger partial charge is 0.491 e. The third-order valence-corrected chi connectivity index (χ3v) is 3.27. The summed E-state index contributed by atoms with van der Waals surface area (Å²) in [6.07, 6.45) is -0.523. The van der Waals surface area contributed by atoms with Crippen LogP contribution in [-0.4, -0.2) is 54.6 Å². The van der Waals surface area contributed by atoms with Gasteiger partial charge in [-0.1, -0.05) is 6.07 Å². The SMILES string of the molecule is CC1(C)CN(CC(O)COc2cccc(N)c2)CCO1. The molecule has 0 radical (unpaired) electrons. The van der Waals surface area contributed by atoms with Gasteiger partial charge in [0.2, 0.25) is 0 Å². The molecule has 1 aromatic rings. The second-order valence-corrected chi connectivity index (χ2v) is 5.88. The highest BCUT2D eigenvalue weighted by Gasteiger charge is 2.28. The second-order valence-electron chi connectivity index (χ2n) is 5.88. The van der Waals surface area contributed by atoms with E-state index in [2.05, 4.69) is 18.7 Å². The molecule has 1 heterocycles. The number of morpholine rings is 1. The summed E-state index contributed by atoms with van der Waals surface area (Å²) >= 11 is 0. The Balaban J connectivity index is 1.76. The molecule has 5 heteroatoms. The minimum Gasteiger partial charge on any atom is -0.491 e. The van der Waals surface area contributed by atoms with E-state index in [0.717, 1.165) is 13.1 Å². The normalized spacial score (nSPS) is 20.6. The molecule has 2 rings (SSSR count). The van der Waals surface area contributed by atoms with E-state index >= 15 is 0 Å². The summed E-state index contributed by atoms with van der Waals surface area (Å²) in [5.74, 6) is 0.686. The summed E-state index contributed by atoms with van der Waals surface area (Å²) in [6.45, 7) is 7.36. The van der Waals surface area contributed by atoms with Crippen molar-refractivity contribution < 1.29 is 14.6 Å². The Bertz CT molecular complexity index is 437. The number of benzene rings is 1. The first-order valence-corrected chi connectivity index (χ1v) is 6.97. The quantitative estimate of drug-likeness (QED) is 0.791. The first kappa shape index (κ1) is 15.1. The highest BCUT2D eigenvalue weighted by atomic mass is 16.5. The number of aliphatic hydroxyl groups excluding tert-OH is 1. The summed E-state index contributed by atoms with van der Waals surface area (Å²) in [4.78, 5) is 2.21. The molecule has 0 bridgehead atoms. The number of ether oxygens (including phenoxy) is 2. The van der Waals surface area contributed by atoms with Gasteiger partial charge in [0.05, 0.1) is 12.2 Å². The zero-order chi connectivity index (χ0) is 14.6. The van der Waals surface area contributed by atoms with Crippen LogP contribution in [0.4, 0.5) is 5.69 Å². The van der Waals surface area contributed by atoms with Crippen LogP contribution >= 0.6 is 0 Å². The number of anilines is 1. The Labute approximate surface area is 120 Å². The van der Waals surface area contributed by atoms with E-state index in [9.17, 15) is 5.11 Å². The van der Waals surface area contributed by atoms with Gasteiger partial charge in [-0.05, 0) is 26.0 Å². The minimum atomic E-state index is -0.523. The Morgan fingerprint density at radius 2 is 2.30 bits per heavy atom. The van der Waals surface area contributed by atoms with Crippen LogP contribution in [0.2, 0.25) is 0 Å². The van der Waals surface area contributed by atoms with Crippen molar-refractivity contribution >= 4 is 5.69 Å². The second kappa shape index (κ2) is 6.43. The van der Waals surface area contributed by atoms with Crippen molar-refractivity contribution in [2.24, 2.45) is 0 Å². The van der Waals surface area contributed by atoms with E-state index in [1.54, 1.807) is 12.1 Å².